The van der Waals surface area contributed by atoms with Crippen LogP contribution in [0.5, 0.6) is 0 Å². The summed E-state index contributed by atoms with van der Waals surface area (Å²) >= 11 is 6.03. The molecule has 3 aromatic rings. The molecule has 0 atom stereocenters. The molecule has 4 heteroatoms. The molecule has 3 nitrogen and oxygen atoms in total. The minimum atomic E-state index is 0.708. The third-order valence-corrected chi connectivity index (χ3v) is 5.37. The molecule has 4 rings (SSSR count). The van der Waals surface area contributed by atoms with Gasteiger partial charge in [0.1, 0.15) is 5.82 Å². The number of anilines is 1. The van der Waals surface area contributed by atoms with E-state index in [4.69, 9.17) is 17.0 Å². The van der Waals surface area contributed by atoms with Crippen LogP contribution in [0, 0.1) is 0 Å². The van der Waals surface area contributed by atoms with Crippen LogP contribution in [-0.2, 0) is 4.74 Å². The smallest absolute Gasteiger partial charge is 0.115 e. The van der Waals surface area contributed by atoms with Gasteiger partial charge in [0.2, 0.25) is 0 Å². The molecule has 0 spiro atoms. The van der Waals surface area contributed by atoms with Crippen LogP contribution in [0.4, 0.5) is 5.69 Å². The second-order valence-electron chi connectivity index (χ2n) is 6.88. The number of ether oxygens (including phenoxy) is 1. The summed E-state index contributed by atoms with van der Waals surface area (Å²) < 4.78 is 5.61. The lowest BCUT2D eigenvalue weighted by Gasteiger charge is -2.34. The zero-order valence-electron chi connectivity index (χ0n) is 16.3. The Morgan fingerprint density at radius 1 is 0.724 bits per heavy atom. The molecule has 1 aliphatic rings. The van der Waals surface area contributed by atoms with Gasteiger partial charge in [0.05, 0.1) is 18.1 Å². The average molecular weight is 401 g/mol. The molecule has 0 unspecified atom stereocenters. The van der Waals surface area contributed by atoms with Gasteiger partial charge in [-0.05, 0) is 23.3 Å². The van der Waals surface area contributed by atoms with Gasteiger partial charge >= 0.3 is 0 Å². The summed E-state index contributed by atoms with van der Waals surface area (Å²) in [6, 6.07) is 30.9. The van der Waals surface area contributed by atoms with Crippen LogP contribution in [0.2, 0.25) is 0 Å². The van der Waals surface area contributed by atoms with Gasteiger partial charge < -0.3 is 15.0 Å². The van der Waals surface area contributed by atoms with Crippen molar-refractivity contribution in [2.24, 2.45) is 0 Å². The molecule has 0 saturated carbocycles. The van der Waals surface area contributed by atoms with Gasteiger partial charge in [-0.3, -0.25) is 0 Å². The first-order valence-corrected chi connectivity index (χ1v) is 10.3. The third-order valence-electron chi connectivity index (χ3n) is 4.93. The highest BCUT2D eigenvalue weighted by molar-refractivity contribution is 7.82. The summed E-state index contributed by atoms with van der Waals surface area (Å²) in [6.45, 7) is 3.06. The molecule has 1 N–H and O–H groups in total. The molecule has 1 saturated heterocycles. The van der Waals surface area contributed by atoms with Crippen LogP contribution in [0.3, 0.4) is 0 Å². The Hall–Kier alpha value is -2.95. The van der Waals surface area contributed by atoms with E-state index in [9.17, 15) is 0 Å². The fraction of sp³-hybridized carbons (Fsp3) is 0.160. The van der Waals surface area contributed by atoms with Gasteiger partial charge in [-0.1, -0.05) is 91.1 Å². The number of hydrogen-bond donors (Lipinski definition) is 1. The van der Waals surface area contributed by atoms with Crippen LogP contribution in [0.25, 0.3) is 5.57 Å². The molecule has 1 fully saturated rings. The molecule has 1 heterocycles. The summed E-state index contributed by atoms with van der Waals surface area (Å²) in [4.78, 5) is 3.18. The lowest BCUT2D eigenvalue weighted by Crippen LogP contribution is -2.39. The minimum Gasteiger partial charge on any atom is -0.378 e. The zero-order chi connectivity index (χ0) is 19.9. The summed E-state index contributed by atoms with van der Waals surface area (Å²) in [5.41, 5.74) is 4.23. The fourth-order valence-electron chi connectivity index (χ4n) is 3.46. The van der Waals surface area contributed by atoms with E-state index in [0.717, 1.165) is 46.2 Å². The average Bonchev–Trinajstić information content (AvgIpc) is 2.81. The first-order valence-electron chi connectivity index (χ1n) is 9.87. The maximum absolute atomic E-state index is 6.03. The number of allylic oxidation sites excluding steroid dienone is 1. The van der Waals surface area contributed by atoms with E-state index >= 15 is 0 Å². The van der Waals surface area contributed by atoms with Crippen molar-refractivity contribution in [2.45, 2.75) is 0 Å². The number of morpholine rings is 1. The van der Waals surface area contributed by atoms with Crippen molar-refractivity contribution in [2.75, 3.05) is 31.6 Å². The van der Waals surface area contributed by atoms with E-state index in [1.54, 1.807) is 0 Å². The molecule has 0 amide bonds. The molecule has 0 bridgehead atoms. The number of hydrogen-bond acceptors (Lipinski definition) is 4. The van der Waals surface area contributed by atoms with E-state index in [2.05, 4.69) is 58.7 Å². The Labute approximate surface area is 177 Å². The van der Waals surface area contributed by atoms with E-state index in [1.807, 2.05) is 42.5 Å². The van der Waals surface area contributed by atoms with Crippen LogP contribution in [0.15, 0.2) is 96.8 Å². The zero-order valence-corrected chi connectivity index (χ0v) is 17.1. The lowest BCUT2D eigenvalue weighted by atomic mass is 9.97. The molecular formula is C25H24N2OS. The Morgan fingerprint density at radius 2 is 1.24 bits per heavy atom. The fourth-order valence-corrected chi connectivity index (χ4v) is 3.81. The molecular weight excluding hydrogens is 376 g/mol. The van der Waals surface area contributed by atoms with Gasteiger partial charge in [0.25, 0.3) is 0 Å². The monoisotopic (exact) mass is 400 g/mol. The van der Waals surface area contributed by atoms with Crippen LogP contribution in [0.1, 0.15) is 11.1 Å². The van der Waals surface area contributed by atoms with Gasteiger partial charge in [0, 0.05) is 24.4 Å². The van der Waals surface area contributed by atoms with Crippen LogP contribution >= 0.6 is 12.2 Å². The predicted octanol–water partition coefficient (Wildman–Crippen LogP) is 5.22. The highest BCUT2D eigenvalue weighted by Gasteiger charge is 2.22. The van der Waals surface area contributed by atoms with E-state index in [0.29, 0.717) is 13.2 Å². The van der Waals surface area contributed by atoms with Crippen molar-refractivity contribution in [3.63, 3.8) is 0 Å². The topological polar surface area (TPSA) is 24.5 Å². The lowest BCUT2D eigenvalue weighted by molar-refractivity contribution is 0.0547. The van der Waals surface area contributed by atoms with Crippen LogP contribution in [-0.4, -0.2) is 36.1 Å². The van der Waals surface area contributed by atoms with E-state index in [-0.39, 0.29) is 0 Å². The maximum Gasteiger partial charge on any atom is 0.115 e. The summed E-state index contributed by atoms with van der Waals surface area (Å²) in [6.07, 6.45) is 0. The molecule has 3 aromatic carbocycles. The number of rotatable bonds is 6. The number of para-hydroxylation sites is 1. The molecule has 29 heavy (non-hydrogen) atoms. The van der Waals surface area contributed by atoms with Crippen molar-refractivity contribution >= 4 is 28.3 Å². The quantitative estimate of drug-likeness (QED) is 0.348. The number of benzene rings is 3. The SMILES string of the molecule is S=C(/C(=C(\Nc1ccccc1)N1CCOCC1)c1ccccc1)c1ccccc1. The Balaban J connectivity index is 1.87. The van der Waals surface area contributed by atoms with Gasteiger partial charge in [0.15, 0.2) is 0 Å². The van der Waals surface area contributed by atoms with Crippen molar-refractivity contribution in [1.29, 1.82) is 0 Å². The van der Waals surface area contributed by atoms with Gasteiger partial charge in [-0.15, -0.1) is 0 Å². The Bertz CT molecular complexity index is 965. The second kappa shape index (κ2) is 9.50. The molecule has 0 aromatic heterocycles. The van der Waals surface area contributed by atoms with Crippen molar-refractivity contribution in [3.8, 4) is 0 Å². The van der Waals surface area contributed by atoms with Gasteiger partial charge in [-0.2, -0.15) is 0 Å². The normalized spacial score (nSPS) is 14.8. The van der Waals surface area contributed by atoms with Gasteiger partial charge in [-0.25, -0.2) is 0 Å². The summed E-state index contributed by atoms with van der Waals surface area (Å²) in [5, 5.41) is 3.66. The number of thiocarbonyl (C=S) groups is 1. The Kier molecular flexibility index (Phi) is 6.35. The van der Waals surface area contributed by atoms with Crippen molar-refractivity contribution in [1.82, 2.24) is 4.90 Å². The number of nitrogens with one attached hydrogen (secondary N) is 1. The van der Waals surface area contributed by atoms with E-state index < -0.39 is 0 Å². The van der Waals surface area contributed by atoms with Crippen molar-refractivity contribution in [3.05, 3.63) is 108 Å². The third kappa shape index (κ3) is 4.73. The minimum absolute atomic E-state index is 0.708. The molecule has 1 aliphatic heterocycles. The summed E-state index contributed by atoms with van der Waals surface area (Å²) in [7, 11) is 0. The molecule has 0 aliphatic carbocycles. The predicted molar refractivity (Wildman–Crippen MR) is 124 cm³/mol. The first-order chi connectivity index (χ1) is 14.3. The van der Waals surface area contributed by atoms with E-state index in [1.165, 1.54) is 0 Å². The Morgan fingerprint density at radius 3 is 1.83 bits per heavy atom. The second-order valence-corrected chi connectivity index (χ2v) is 7.28. The highest BCUT2D eigenvalue weighted by Crippen LogP contribution is 2.28. The maximum atomic E-state index is 6.03. The molecule has 0 radical (unpaired) electrons. The van der Waals surface area contributed by atoms with Crippen molar-refractivity contribution < 1.29 is 4.74 Å². The van der Waals surface area contributed by atoms with Crippen LogP contribution < -0.4 is 5.32 Å². The largest absolute Gasteiger partial charge is 0.378 e. The molecule has 146 valence electrons. The standard InChI is InChI=1S/C25H24N2OS/c29-24(21-12-6-2-7-13-21)23(20-10-4-1-5-11-20)25(27-16-18-28-19-17-27)26-22-14-8-3-9-15-22/h1-15,26H,16-19H2/b25-23+. The highest BCUT2D eigenvalue weighted by atomic mass is 32.1. The summed E-state index contributed by atoms with van der Waals surface area (Å²) in [5.74, 6) is 1.03. The first kappa shape index (κ1) is 19.4. The number of nitrogens with zero attached hydrogens (tertiary/aromatic N) is 1.